The van der Waals surface area contributed by atoms with E-state index in [4.69, 9.17) is 16.7 Å². The molecule has 2 unspecified atom stereocenters. The normalized spacial score (nSPS) is 14.4. The van der Waals surface area contributed by atoms with Crippen molar-refractivity contribution in [1.29, 1.82) is 0 Å². The fraction of sp³-hybridized carbons (Fsp3) is 0.500. The van der Waals surface area contributed by atoms with E-state index in [1.807, 2.05) is 13.8 Å². The predicted molar refractivity (Wildman–Crippen MR) is 73.8 cm³/mol. The molecule has 2 atom stereocenters. The summed E-state index contributed by atoms with van der Waals surface area (Å²) in [5.41, 5.74) is 0.678. The van der Waals surface area contributed by atoms with Crippen molar-refractivity contribution >= 4 is 17.6 Å². The van der Waals surface area contributed by atoms with Crippen LogP contribution in [0.25, 0.3) is 0 Å². The molecule has 0 fully saturated rings. The zero-order valence-electron chi connectivity index (χ0n) is 11.3. The molecule has 106 valence electrons. The molecule has 0 aliphatic rings. The first kappa shape index (κ1) is 15.9. The summed E-state index contributed by atoms with van der Waals surface area (Å²) in [5.74, 6) is -1.12. The zero-order chi connectivity index (χ0) is 14.6. The van der Waals surface area contributed by atoms with Crippen LogP contribution in [-0.2, 0) is 4.79 Å². The molecule has 0 spiro atoms. The molecule has 0 bridgehead atoms. The van der Waals surface area contributed by atoms with E-state index in [1.165, 1.54) is 12.1 Å². The number of halogens is 2. The summed E-state index contributed by atoms with van der Waals surface area (Å²) in [7, 11) is 0. The van der Waals surface area contributed by atoms with Crippen molar-refractivity contribution in [3.63, 3.8) is 0 Å². The molecule has 0 aliphatic carbocycles. The highest BCUT2D eigenvalue weighted by Gasteiger charge is 2.21. The minimum atomic E-state index is -0.894. The minimum Gasteiger partial charge on any atom is -0.480 e. The Morgan fingerprint density at radius 1 is 1.42 bits per heavy atom. The fourth-order valence-corrected chi connectivity index (χ4v) is 2.01. The second kappa shape index (κ2) is 6.87. The molecule has 1 aromatic rings. The number of carboxylic acid groups (broad SMARTS) is 1. The highest BCUT2D eigenvalue weighted by Crippen LogP contribution is 2.21. The van der Waals surface area contributed by atoms with Crippen molar-refractivity contribution in [3.8, 4) is 0 Å². The van der Waals surface area contributed by atoms with Crippen molar-refractivity contribution in [2.24, 2.45) is 5.92 Å². The van der Waals surface area contributed by atoms with Crippen LogP contribution in [0, 0.1) is 11.7 Å². The lowest BCUT2D eigenvalue weighted by Gasteiger charge is -2.22. The molecule has 3 nitrogen and oxygen atoms in total. The number of benzene rings is 1. The highest BCUT2D eigenvalue weighted by atomic mass is 35.5. The standard InChI is InChI=1S/C14H19ClFNO2/c1-8(2)6-13(14(18)19)17-9(3)10-4-5-11(15)12(16)7-10/h4-5,7-9,13,17H,6H2,1-3H3,(H,18,19). The molecule has 0 radical (unpaired) electrons. The van der Waals surface area contributed by atoms with Gasteiger partial charge in [0.2, 0.25) is 0 Å². The topological polar surface area (TPSA) is 49.3 Å². The van der Waals surface area contributed by atoms with Gasteiger partial charge in [-0.05, 0) is 37.0 Å². The first-order chi connectivity index (χ1) is 8.81. The highest BCUT2D eigenvalue weighted by molar-refractivity contribution is 6.30. The molecule has 0 saturated carbocycles. The van der Waals surface area contributed by atoms with Gasteiger partial charge in [0.25, 0.3) is 0 Å². The Kier molecular flexibility index (Phi) is 5.76. The lowest BCUT2D eigenvalue weighted by molar-refractivity contribution is -0.140. The molecular formula is C14H19ClFNO2. The first-order valence-corrected chi connectivity index (χ1v) is 6.62. The van der Waals surface area contributed by atoms with Crippen molar-refractivity contribution in [1.82, 2.24) is 5.32 Å². The van der Waals surface area contributed by atoms with Gasteiger partial charge in [-0.3, -0.25) is 10.1 Å². The molecule has 0 aliphatic heterocycles. The number of carboxylic acids is 1. The van der Waals surface area contributed by atoms with E-state index in [0.717, 1.165) is 0 Å². The van der Waals surface area contributed by atoms with E-state index < -0.39 is 17.8 Å². The van der Waals surface area contributed by atoms with Gasteiger partial charge in [0.15, 0.2) is 0 Å². The Hall–Kier alpha value is -1.13. The molecule has 0 amide bonds. The Labute approximate surface area is 117 Å². The molecule has 5 heteroatoms. The van der Waals surface area contributed by atoms with Gasteiger partial charge in [0.05, 0.1) is 5.02 Å². The second-order valence-corrected chi connectivity index (χ2v) is 5.49. The first-order valence-electron chi connectivity index (χ1n) is 6.25. The number of nitrogens with one attached hydrogen (secondary N) is 1. The van der Waals surface area contributed by atoms with E-state index in [9.17, 15) is 9.18 Å². The van der Waals surface area contributed by atoms with E-state index in [-0.39, 0.29) is 17.0 Å². The molecule has 0 heterocycles. The van der Waals surface area contributed by atoms with Gasteiger partial charge in [-0.1, -0.05) is 31.5 Å². The van der Waals surface area contributed by atoms with Crippen molar-refractivity contribution in [3.05, 3.63) is 34.6 Å². The molecular weight excluding hydrogens is 269 g/mol. The minimum absolute atomic E-state index is 0.0629. The number of hydrogen-bond acceptors (Lipinski definition) is 2. The van der Waals surface area contributed by atoms with Crippen LogP contribution in [0.3, 0.4) is 0 Å². The van der Waals surface area contributed by atoms with Gasteiger partial charge in [-0.15, -0.1) is 0 Å². The number of carbonyl (C=O) groups is 1. The Balaban J connectivity index is 2.78. The summed E-state index contributed by atoms with van der Waals surface area (Å²) in [6, 6.07) is 3.59. The third-order valence-electron chi connectivity index (χ3n) is 2.90. The third kappa shape index (κ3) is 4.80. The molecule has 0 saturated heterocycles. The maximum Gasteiger partial charge on any atom is 0.320 e. The monoisotopic (exact) mass is 287 g/mol. The lowest BCUT2D eigenvalue weighted by Crippen LogP contribution is -2.39. The SMILES string of the molecule is CC(C)CC(NC(C)c1ccc(Cl)c(F)c1)C(=O)O. The van der Waals surface area contributed by atoms with Crippen LogP contribution in [0.2, 0.25) is 5.02 Å². The van der Waals surface area contributed by atoms with E-state index in [2.05, 4.69) is 5.32 Å². The predicted octanol–water partition coefficient (Wildman–Crippen LogP) is 3.63. The lowest BCUT2D eigenvalue weighted by atomic mass is 10.0. The van der Waals surface area contributed by atoms with Crippen molar-refractivity contribution < 1.29 is 14.3 Å². The second-order valence-electron chi connectivity index (χ2n) is 5.08. The summed E-state index contributed by atoms with van der Waals surface area (Å²) < 4.78 is 13.4. The number of aliphatic carboxylic acids is 1. The number of hydrogen-bond donors (Lipinski definition) is 2. The van der Waals surface area contributed by atoms with E-state index >= 15 is 0 Å². The van der Waals surface area contributed by atoms with Crippen LogP contribution < -0.4 is 5.32 Å². The molecule has 19 heavy (non-hydrogen) atoms. The van der Waals surface area contributed by atoms with Gasteiger partial charge in [-0.25, -0.2) is 4.39 Å². The molecule has 1 rings (SSSR count). The Bertz CT molecular complexity index is 451. The van der Waals surface area contributed by atoms with Crippen LogP contribution in [0.4, 0.5) is 4.39 Å². The third-order valence-corrected chi connectivity index (χ3v) is 3.21. The largest absolute Gasteiger partial charge is 0.480 e. The molecule has 1 aromatic carbocycles. The zero-order valence-corrected chi connectivity index (χ0v) is 12.0. The smallest absolute Gasteiger partial charge is 0.320 e. The van der Waals surface area contributed by atoms with Crippen LogP contribution >= 0.6 is 11.6 Å². The number of rotatable bonds is 6. The van der Waals surface area contributed by atoms with Crippen LogP contribution in [0.1, 0.15) is 38.8 Å². The summed E-state index contributed by atoms with van der Waals surface area (Å²) in [6.45, 7) is 5.73. The summed E-state index contributed by atoms with van der Waals surface area (Å²) in [6.07, 6.45) is 0.524. The fourth-order valence-electron chi connectivity index (χ4n) is 1.89. The average Bonchev–Trinajstić information content (AvgIpc) is 2.31. The van der Waals surface area contributed by atoms with E-state index in [1.54, 1.807) is 13.0 Å². The van der Waals surface area contributed by atoms with Crippen LogP contribution in [0.15, 0.2) is 18.2 Å². The Morgan fingerprint density at radius 3 is 2.53 bits per heavy atom. The molecule has 0 aromatic heterocycles. The molecule has 2 N–H and O–H groups in total. The maximum atomic E-state index is 13.4. The van der Waals surface area contributed by atoms with E-state index in [0.29, 0.717) is 12.0 Å². The summed E-state index contributed by atoms with van der Waals surface area (Å²) in [4.78, 5) is 11.2. The van der Waals surface area contributed by atoms with Crippen LogP contribution in [0.5, 0.6) is 0 Å². The average molecular weight is 288 g/mol. The van der Waals surface area contributed by atoms with Crippen molar-refractivity contribution in [2.45, 2.75) is 39.3 Å². The van der Waals surface area contributed by atoms with Gasteiger partial charge < -0.3 is 5.11 Å². The van der Waals surface area contributed by atoms with Gasteiger partial charge in [-0.2, -0.15) is 0 Å². The van der Waals surface area contributed by atoms with Gasteiger partial charge >= 0.3 is 5.97 Å². The van der Waals surface area contributed by atoms with Gasteiger partial charge in [0, 0.05) is 6.04 Å². The Morgan fingerprint density at radius 2 is 2.05 bits per heavy atom. The summed E-state index contributed by atoms with van der Waals surface area (Å²) in [5, 5.41) is 12.2. The van der Waals surface area contributed by atoms with Gasteiger partial charge in [0.1, 0.15) is 11.9 Å². The quantitative estimate of drug-likeness (QED) is 0.840. The van der Waals surface area contributed by atoms with Crippen molar-refractivity contribution in [2.75, 3.05) is 0 Å². The summed E-state index contributed by atoms with van der Waals surface area (Å²) >= 11 is 5.62. The maximum absolute atomic E-state index is 13.4. The van der Waals surface area contributed by atoms with Crippen LogP contribution in [-0.4, -0.2) is 17.1 Å².